The highest BCUT2D eigenvalue weighted by Gasteiger charge is 2.06. The van der Waals surface area contributed by atoms with Crippen molar-refractivity contribution < 1.29 is 14.7 Å². The fourth-order valence-corrected chi connectivity index (χ4v) is 1.32. The van der Waals surface area contributed by atoms with Gasteiger partial charge in [-0.25, -0.2) is 0 Å². The van der Waals surface area contributed by atoms with E-state index in [0.717, 1.165) is 6.42 Å². The third kappa shape index (κ3) is 10.9. The summed E-state index contributed by atoms with van der Waals surface area (Å²) in [7, 11) is 0. The van der Waals surface area contributed by atoms with Gasteiger partial charge < -0.3 is 15.7 Å². The average molecular weight is 242 g/mol. The number of carboxylic acids is 1. The number of carbonyl (C=O) groups is 2. The van der Waals surface area contributed by atoms with Crippen molar-refractivity contribution in [1.82, 2.24) is 10.6 Å². The summed E-state index contributed by atoms with van der Waals surface area (Å²) in [4.78, 5) is 21.6. The number of aliphatic carboxylic acids is 1. The fraction of sp³-hybridized carbons (Fsp3) is 0.667. The van der Waals surface area contributed by atoms with E-state index in [-0.39, 0.29) is 18.9 Å². The van der Waals surface area contributed by atoms with Crippen molar-refractivity contribution in [2.45, 2.75) is 26.2 Å². The van der Waals surface area contributed by atoms with E-state index >= 15 is 0 Å². The van der Waals surface area contributed by atoms with E-state index < -0.39 is 5.97 Å². The highest BCUT2D eigenvalue weighted by molar-refractivity contribution is 5.77. The van der Waals surface area contributed by atoms with Gasteiger partial charge in [0, 0.05) is 19.5 Å². The van der Waals surface area contributed by atoms with Crippen LogP contribution in [-0.4, -0.2) is 36.6 Å². The van der Waals surface area contributed by atoms with Crippen LogP contribution in [-0.2, 0) is 9.59 Å². The van der Waals surface area contributed by atoms with E-state index in [9.17, 15) is 9.59 Å². The Bertz CT molecular complexity index is 254. The number of hydrogen-bond acceptors (Lipinski definition) is 3. The van der Waals surface area contributed by atoms with Crippen LogP contribution in [0.15, 0.2) is 12.7 Å². The highest BCUT2D eigenvalue weighted by atomic mass is 16.4. The third-order valence-electron chi connectivity index (χ3n) is 2.38. The molecule has 0 aromatic rings. The minimum atomic E-state index is -0.769. The average Bonchev–Trinajstić information content (AvgIpc) is 2.27. The Kier molecular flexibility index (Phi) is 9.05. The van der Waals surface area contributed by atoms with Gasteiger partial charge in [-0.05, 0) is 18.8 Å². The number of amides is 1. The summed E-state index contributed by atoms with van der Waals surface area (Å²) >= 11 is 0. The lowest BCUT2D eigenvalue weighted by molar-refractivity contribution is -0.137. The molecule has 0 fully saturated rings. The zero-order chi connectivity index (χ0) is 13.1. The normalized spacial score (nSPS) is 11.8. The van der Waals surface area contributed by atoms with Crippen molar-refractivity contribution in [3.63, 3.8) is 0 Å². The molecule has 3 N–H and O–H groups in total. The van der Waals surface area contributed by atoms with Crippen LogP contribution >= 0.6 is 0 Å². The van der Waals surface area contributed by atoms with Gasteiger partial charge in [0.25, 0.3) is 0 Å². The van der Waals surface area contributed by atoms with Gasteiger partial charge in [0.15, 0.2) is 0 Å². The molecule has 0 aliphatic carbocycles. The lowest BCUT2D eigenvalue weighted by Crippen LogP contribution is -2.34. The van der Waals surface area contributed by atoms with Crippen molar-refractivity contribution in [3.05, 3.63) is 12.7 Å². The number of carbonyl (C=O) groups excluding carboxylic acids is 1. The number of carboxylic acid groups (broad SMARTS) is 1. The molecule has 1 atom stereocenters. The molecule has 0 saturated heterocycles. The maximum absolute atomic E-state index is 11.3. The van der Waals surface area contributed by atoms with Crippen LogP contribution in [0.2, 0.25) is 0 Å². The number of hydrogen-bond donors (Lipinski definition) is 3. The predicted molar refractivity (Wildman–Crippen MR) is 66.7 cm³/mol. The fourth-order valence-electron chi connectivity index (χ4n) is 1.32. The second-order valence-corrected chi connectivity index (χ2v) is 4.10. The first-order chi connectivity index (χ1) is 8.06. The zero-order valence-electron chi connectivity index (χ0n) is 10.4. The molecule has 0 saturated carbocycles. The molecule has 1 amide bonds. The molecule has 0 rings (SSSR count). The van der Waals surface area contributed by atoms with Gasteiger partial charge in [-0.2, -0.15) is 0 Å². The molecule has 0 aliphatic rings. The minimum absolute atomic E-state index is 0.0442. The van der Waals surface area contributed by atoms with Crippen LogP contribution < -0.4 is 10.6 Å². The molecule has 0 aromatic carbocycles. The summed E-state index contributed by atoms with van der Waals surface area (Å²) < 4.78 is 0. The summed E-state index contributed by atoms with van der Waals surface area (Å²) in [6.45, 7) is 7.02. The summed E-state index contributed by atoms with van der Waals surface area (Å²) in [5.41, 5.74) is 0. The van der Waals surface area contributed by atoms with Crippen LogP contribution in [0.3, 0.4) is 0 Å². The lowest BCUT2D eigenvalue weighted by atomic mass is 10.0. The Morgan fingerprint density at radius 3 is 2.71 bits per heavy atom. The molecule has 0 bridgehead atoms. The van der Waals surface area contributed by atoms with Gasteiger partial charge in [0.1, 0.15) is 0 Å². The summed E-state index contributed by atoms with van der Waals surface area (Å²) in [5.74, 6) is -0.501. The molecule has 98 valence electrons. The topological polar surface area (TPSA) is 78.4 Å². The van der Waals surface area contributed by atoms with Gasteiger partial charge in [0.2, 0.25) is 5.91 Å². The van der Waals surface area contributed by atoms with E-state index in [1.54, 1.807) is 6.08 Å². The van der Waals surface area contributed by atoms with Crippen LogP contribution in [0.4, 0.5) is 0 Å². The van der Waals surface area contributed by atoms with Gasteiger partial charge in [-0.1, -0.05) is 13.0 Å². The molecular weight excluding hydrogens is 220 g/mol. The Labute approximate surface area is 102 Å². The summed E-state index contributed by atoms with van der Waals surface area (Å²) in [5, 5.41) is 14.2. The van der Waals surface area contributed by atoms with E-state index in [1.807, 2.05) is 6.92 Å². The molecule has 5 nitrogen and oxygen atoms in total. The first-order valence-corrected chi connectivity index (χ1v) is 5.86. The standard InChI is InChI=1S/C12H22N2O3/c1-3-7-13-9-11(15)14-8-6-10(2)4-5-12(16)17/h3,10,13H,1,4-9H2,2H3,(H,14,15)(H,16,17). The number of rotatable bonds is 10. The van der Waals surface area contributed by atoms with E-state index in [1.165, 1.54) is 0 Å². The lowest BCUT2D eigenvalue weighted by Gasteiger charge is -2.10. The van der Waals surface area contributed by atoms with Crippen molar-refractivity contribution >= 4 is 11.9 Å². The Morgan fingerprint density at radius 1 is 1.41 bits per heavy atom. The van der Waals surface area contributed by atoms with Crippen molar-refractivity contribution in [3.8, 4) is 0 Å². The first kappa shape index (κ1) is 15.6. The molecule has 1 unspecified atom stereocenters. The number of nitrogens with one attached hydrogen (secondary N) is 2. The largest absolute Gasteiger partial charge is 0.481 e. The summed E-state index contributed by atoms with van der Waals surface area (Å²) in [6, 6.07) is 0. The molecule has 0 aromatic heterocycles. The Morgan fingerprint density at radius 2 is 2.12 bits per heavy atom. The Balaban J connectivity index is 3.45. The van der Waals surface area contributed by atoms with Crippen molar-refractivity contribution in [2.75, 3.05) is 19.6 Å². The van der Waals surface area contributed by atoms with Gasteiger partial charge in [-0.15, -0.1) is 6.58 Å². The molecule has 0 spiro atoms. The van der Waals surface area contributed by atoms with E-state index in [2.05, 4.69) is 17.2 Å². The minimum Gasteiger partial charge on any atom is -0.481 e. The van der Waals surface area contributed by atoms with Crippen molar-refractivity contribution in [2.24, 2.45) is 5.92 Å². The molecule has 5 heteroatoms. The van der Waals surface area contributed by atoms with Crippen LogP contribution in [0.1, 0.15) is 26.2 Å². The zero-order valence-corrected chi connectivity index (χ0v) is 10.4. The second kappa shape index (κ2) is 9.84. The highest BCUT2D eigenvalue weighted by Crippen LogP contribution is 2.08. The molecule has 17 heavy (non-hydrogen) atoms. The third-order valence-corrected chi connectivity index (χ3v) is 2.38. The van der Waals surface area contributed by atoms with E-state index in [0.29, 0.717) is 25.4 Å². The van der Waals surface area contributed by atoms with Gasteiger partial charge in [0.05, 0.1) is 6.54 Å². The molecule has 0 aliphatic heterocycles. The first-order valence-electron chi connectivity index (χ1n) is 5.86. The summed E-state index contributed by atoms with van der Waals surface area (Å²) in [6.07, 6.45) is 3.34. The van der Waals surface area contributed by atoms with Gasteiger partial charge >= 0.3 is 5.97 Å². The molecule has 0 heterocycles. The Hall–Kier alpha value is -1.36. The van der Waals surface area contributed by atoms with Crippen LogP contribution in [0.25, 0.3) is 0 Å². The van der Waals surface area contributed by atoms with Crippen molar-refractivity contribution in [1.29, 1.82) is 0 Å². The molecule has 0 radical (unpaired) electrons. The smallest absolute Gasteiger partial charge is 0.303 e. The van der Waals surface area contributed by atoms with E-state index in [4.69, 9.17) is 5.11 Å². The maximum atomic E-state index is 11.3. The molecular formula is C12H22N2O3. The SMILES string of the molecule is C=CCNCC(=O)NCCC(C)CCC(=O)O. The monoisotopic (exact) mass is 242 g/mol. The van der Waals surface area contributed by atoms with Gasteiger partial charge in [-0.3, -0.25) is 9.59 Å². The quantitative estimate of drug-likeness (QED) is 0.390. The predicted octanol–water partition coefficient (Wildman–Crippen LogP) is 0.769. The van der Waals surface area contributed by atoms with Crippen LogP contribution in [0.5, 0.6) is 0 Å². The van der Waals surface area contributed by atoms with Crippen LogP contribution in [0, 0.1) is 5.92 Å². The second-order valence-electron chi connectivity index (χ2n) is 4.10. The maximum Gasteiger partial charge on any atom is 0.303 e.